The number of nitrogens with one attached hydrogen (secondary N) is 2. The van der Waals surface area contributed by atoms with E-state index in [9.17, 15) is 19.5 Å². The summed E-state index contributed by atoms with van der Waals surface area (Å²) in [6.07, 6.45) is 1.30. The Kier molecular flexibility index (Phi) is 7.85. The molecule has 0 bridgehead atoms. The molecule has 36 heavy (non-hydrogen) atoms. The van der Waals surface area contributed by atoms with E-state index in [1.165, 1.54) is 6.07 Å². The van der Waals surface area contributed by atoms with Crippen molar-refractivity contribution in [2.75, 3.05) is 6.61 Å². The van der Waals surface area contributed by atoms with Gasteiger partial charge in [0.2, 0.25) is 0 Å². The minimum Gasteiger partial charge on any atom is -0.478 e. The molecule has 0 unspecified atom stereocenters. The van der Waals surface area contributed by atoms with Crippen LogP contribution in [0.1, 0.15) is 86.8 Å². The van der Waals surface area contributed by atoms with Crippen LogP contribution in [0.15, 0.2) is 60.7 Å². The first-order chi connectivity index (χ1) is 17.4. The molecule has 0 fully saturated rings. The Bertz CT molecular complexity index is 1250. The van der Waals surface area contributed by atoms with Crippen molar-refractivity contribution in [2.45, 2.75) is 51.9 Å². The molecular formula is C28H31N3O5. The minimum atomic E-state index is -1.02. The quantitative estimate of drug-likeness (QED) is 0.411. The number of hydrogen-bond acceptors (Lipinski definition) is 4. The van der Waals surface area contributed by atoms with Gasteiger partial charge in [0.05, 0.1) is 42.1 Å². The maximum absolute atomic E-state index is 13.4. The minimum absolute atomic E-state index is 0.151. The third-order valence-corrected chi connectivity index (χ3v) is 6.55. The lowest BCUT2D eigenvalue weighted by atomic mass is 10.0. The number of ether oxygens (including phenoxy) is 1. The zero-order valence-corrected chi connectivity index (χ0v) is 20.5. The molecular weight excluding hydrogens is 458 g/mol. The molecule has 1 aliphatic heterocycles. The summed E-state index contributed by atoms with van der Waals surface area (Å²) in [6.45, 7) is 5.09. The second-order valence-corrected chi connectivity index (χ2v) is 8.80. The molecule has 2 heterocycles. The highest BCUT2D eigenvalue weighted by molar-refractivity contribution is 6.01. The Balaban J connectivity index is 1.59. The average Bonchev–Trinajstić information content (AvgIpc) is 3.30. The summed E-state index contributed by atoms with van der Waals surface area (Å²) < 4.78 is 7.46. The lowest BCUT2D eigenvalue weighted by Gasteiger charge is -2.22. The summed E-state index contributed by atoms with van der Waals surface area (Å²) in [4.78, 5) is 38.1. The molecule has 3 N–H and O–H groups in total. The van der Waals surface area contributed by atoms with Gasteiger partial charge in [-0.25, -0.2) is 4.79 Å². The number of carbonyl (C=O) groups excluding carboxylic acids is 2. The highest BCUT2D eigenvalue weighted by atomic mass is 16.5. The normalized spacial score (nSPS) is 14.4. The van der Waals surface area contributed by atoms with Gasteiger partial charge < -0.3 is 25.0 Å². The van der Waals surface area contributed by atoms with E-state index < -0.39 is 5.97 Å². The second-order valence-electron chi connectivity index (χ2n) is 8.80. The average molecular weight is 490 g/mol. The molecule has 2 atom stereocenters. The van der Waals surface area contributed by atoms with Gasteiger partial charge >= 0.3 is 5.97 Å². The molecule has 1 aliphatic rings. The van der Waals surface area contributed by atoms with Crippen LogP contribution >= 0.6 is 0 Å². The van der Waals surface area contributed by atoms with Gasteiger partial charge in [0.25, 0.3) is 11.8 Å². The van der Waals surface area contributed by atoms with Crippen LogP contribution in [0.2, 0.25) is 0 Å². The first-order valence-corrected chi connectivity index (χ1v) is 12.2. The Morgan fingerprint density at radius 2 is 1.58 bits per heavy atom. The highest BCUT2D eigenvalue weighted by Gasteiger charge is 2.28. The van der Waals surface area contributed by atoms with Crippen LogP contribution in [-0.2, 0) is 17.9 Å². The topological polar surface area (TPSA) is 110 Å². The van der Waals surface area contributed by atoms with E-state index in [0.29, 0.717) is 42.1 Å². The van der Waals surface area contributed by atoms with Gasteiger partial charge in [-0.2, -0.15) is 0 Å². The van der Waals surface area contributed by atoms with E-state index in [1.807, 2.05) is 48.7 Å². The zero-order valence-electron chi connectivity index (χ0n) is 20.5. The Morgan fingerprint density at radius 3 is 2.28 bits per heavy atom. The van der Waals surface area contributed by atoms with Gasteiger partial charge in [-0.05, 0) is 42.2 Å². The van der Waals surface area contributed by atoms with Crippen molar-refractivity contribution >= 4 is 17.8 Å². The first kappa shape index (κ1) is 25.2. The summed E-state index contributed by atoms with van der Waals surface area (Å²) in [6, 6.07) is 17.5. The molecule has 1 aromatic heterocycles. The molecule has 2 amide bonds. The predicted molar refractivity (Wildman–Crippen MR) is 135 cm³/mol. The molecule has 0 saturated carbocycles. The third kappa shape index (κ3) is 5.33. The van der Waals surface area contributed by atoms with Gasteiger partial charge in [0.15, 0.2) is 0 Å². The number of aromatic nitrogens is 1. The Hall–Kier alpha value is -3.91. The summed E-state index contributed by atoms with van der Waals surface area (Å²) in [5.74, 6) is -1.59. The highest BCUT2D eigenvalue weighted by Crippen LogP contribution is 2.25. The largest absolute Gasteiger partial charge is 0.478 e. The van der Waals surface area contributed by atoms with Gasteiger partial charge in [-0.1, -0.05) is 56.3 Å². The number of amides is 2. The van der Waals surface area contributed by atoms with E-state index in [2.05, 4.69) is 10.6 Å². The van der Waals surface area contributed by atoms with Gasteiger partial charge in [-0.3, -0.25) is 9.59 Å². The van der Waals surface area contributed by atoms with Crippen LogP contribution in [0.3, 0.4) is 0 Å². The standard InChI is InChI=1S/C28H31N3O5/c1-3-22(18-9-6-5-7-10-18)29-26(32)21-16-24(31-13-14-36-17-25(21)31)27(33)30-23(4-2)19-11-8-12-20(15-19)28(34)35/h5-12,15-16,22-23H,3-4,13-14,17H2,1-2H3,(H,29,32)(H,30,33)(H,34,35)/t22-,23-/m1/s1. The molecule has 8 heteroatoms. The van der Waals surface area contributed by atoms with Crippen LogP contribution in [0.25, 0.3) is 0 Å². The maximum Gasteiger partial charge on any atom is 0.335 e. The van der Waals surface area contributed by atoms with E-state index in [-0.39, 0.29) is 36.1 Å². The number of hydrogen-bond donors (Lipinski definition) is 3. The number of carbonyl (C=O) groups is 3. The molecule has 4 rings (SSSR count). The number of nitrogens with zero attached hydrogens (tertiary/aromatic N) is 1. The van der Waals surface area contributed by atoms with Crippen LogP contribution in [0, 0.1) is 0 Å². The van der Waals surface area contributed by atoms with Crippen LogP contribution in [-0.4, -0.2) is 34.1 Å². The van der Waals surface area contributed by atoms with Crippen LogP contribution < -0.4 is 10.6 Å². The second kappa shape index (κ2) is 11.2. The summed E-state index contributed by atoms with van der Waals surface area (Å²) in [5.41, 5.74) is 3.39. The van der Waals surface area contributed by atoms with E-state index >= 15 is 0 Å². The van der Waals surface area contributed by atoms with Crippen molar-refractivity contribution < 1.29 is 24.2 Å². The van der Waals surface area contributed by atoms with Crippen LogP contribution in [0.5, 0.6) is 0 Å². The lowest BCUT2D eigenvalue weighted by molar-refractivity contribution is 0.0696. The van der Waals surface area contributed by atoms with E-state index in [0.717, 1.165) is 12.0 Å². The third-order valence-electron chi connectivity index (χ3n) is 6.55. The molecule has 2 aromatic carbocycles. The molecule has 0 spiro atoms. The summed E-state index contributed by atoms with van der Waals surface area (Å²) in [5, 5.41) is 15.4. The predicted octanol–water partition coefficient (Wildman–Crippen LogP) is 4.48. The first-order valence-electron chi connectivity index (χ1n) is 12.2. The summed E-state index contributed by atoms with van der Waals surface area (Å²) >= 11 is 0. The fourth-order valence-electron chi connectivity index (χ4n) is 4.59. The fraction of sp³-hybridized carbons (Fsp3) is 0.321. The SMILES string of the molecule is CC[C@@H](NC(=O)c1cc(C(=O)N[C@H](CC)c2cccc(C(=O)O)c2)n2c1COCC2)c1ccccc1. The number of aromatic carboxylic acids is 1. The number of benzene rings is 2. The Morgan fingerprint density at radius 1 is 0.917 bits per heavy atom. The molecule has 0 radical (unpaired) electrons. The summed E-state index contributed by atoms with van der Waals surface area (Å²) in [7, 11) is 0. The van der Waals surface area contributed by atoms with Crippen molar-refractivity contribution in [3.05, 3.63) is 94.3 Å². The fourth-order valence-corrected chi connectivity index (χ4v) is 4.59. The lowest BCUT2D eigenvalue weighted by Crippen LogP contribution is -2.31. The van der Waals surface area contributed by atoms with Crippen LogP contribution in [0.4, 0.5) is 0 Å². The number of rotatable bonds is 9. The van der Waals surface area contributed by atoms with E-state index in [1.54, 1.807) is 24.3 Å². The van der Waals surface area contributed by atoms with Gasteiger partial charge in [-0.15, -0.1) is 0 Å². The molecule has 0 saturated heterocycles. The number of carboxylic acid groups (broad SMARTS) is 1. The molecule has 0 aliphatic carbocycles. The van der Waals surface area contributed by atoms with Gasteiger partial charge in [0.1, 0.15) is 5.69 Å². The van der Waals surface area contributed by atoms with Crippen molar-refractivity contribution in [2.24, 2.45) is 0 Å². The van der Waals surface area contributed by atoms with Crippen molar-refractivity contribution in [3.8, 4) is 0 Å². The van der Waals surface area contributed by atoms with Crippen molar-refractivity contribution in [3.63, 3.8) is 0 Å². The zero-order chi connectivity index (χ0) is 25.7. The van der Waals surface area contributed by atoms with E-state index in [4.69, 9.17) is 4.74 Å². The van der Waals surface area contributed by atoms with Gasteiger partial charge in [0, 0.05) is 6.54 Å². The number of fused-ring (bicyclic) bond motifs is 1. The number of carboxylic acids is 1. The maximum atomic E-state index is 13.4. The van der Waals surface area contributed by atoms with Crippen molar-refractivity contribution in [1.29, 1.82) is 0 Å². The molecule has 3 aromatic rings. The van der Waals surface area contributed by atoms with Crippen molar-refractivity contribution in [1.82, 2.24) is 15.2 Å². The smallest absolute Gasteiger partial charge is 0.335 e. The molecule has 8 nitrogen and oxygen atoms in total. The monoisotopic (exact) mass is 489 g/mol. The Labute approximate surface area is 210 Å². The molecule has 188 valence electrons.